The van der Waals surface area contributed by atoms with Gasteiger partial charge in [-0.3, -0.25) is 9.59 Å². The topological polar surface area (TPSA) is 79.5 Å². The molecular weight excluding hydrogens is 608 g/mol. The van der Waals surface area contributed by atoms with Crippen LogP contribution in [0.4, 0.5) is 0 Å². The Morgan fingerprint density at radius 2 is 1.29 bits per heavy atom. The minimum atomic E-state index is -0.763. The smallest absolute Gasteiger partial charge is 0.258 e. The summed E-state index contributed by atoms with van der Waals surface area (Å²) in [4.78, 5) is 26.6. The van der Waals surface area contributed by atoms with E-state index in [2.05, 4.69) is 94.2 Å². The van der Waals surface area contributed by atoms with Gasteiger partial charge in [0.2, 0.25) is 0 Å². The second-order valence-corrected chi connectivity index (χ2v) is 12.8. The summed E-state index contributed by atoms with van der Waals surface area (Å²) in [5, 5.41) is 15.1. The maximum atomic E-state index is 12.8. The third-order valence-corrected chi connectivity index (χ3v) is 9.55. The first-order valence-corrected chi connectivity index (χ1v) is 16.6. The average molecular weight is 657 g/mol. The van der Waals surface area contributed by atoms with Gasteiger partial charge in [-0.05, 0) is 69.0 Å². The number of likely N-dealkylation sites (N-methyl/N-ethyl adjacent to an activating group) is 1. The fraction of sp³-hybridized carbons (Fsp3) is 0.286. The van der Waals surface area contributed by atoms with Crippen LogP contribution in [-0.4, -0.2) is 51.3 Å². The summed E-state index contributed by atoms with van der Waals surface area (Å²) < 4.78 is 4.47. The molecule has 254 valence electrons. The molecule has 0 aliphatic carbocycles. The predicted octanol–water partition coefficient (Wildman–Crippen LogP) is 7.64. The molecule has 0 bridgehead atoms. The van der Waals surface area contributed by atoms with Gasteiger partial charge in [0.05, 0.1) is 11.1 Å². The Labute approximate surface area is 289 Å². The number of hydrogen-bond donors (Lipinski definition) is 2. The number of nitrogens with zero attached hydrogens (tertiary/aromatic N) is 3. The van der Waals surface area contributed by atoms with E-state index in [0.29, 0.717) is 6.42 Å². The summed E-state index contributed by atoms with van der Waals surface area (Å²) in [6.07, 6.45) is 1.55. The summed E-state index contributed by atoms with van der Waals surface area (Å²) in [6, 6.07) is 33.4. The van der Waals surface area contributed by atoms with Crippen LogP contribution in [0.15, 0.2) is 97.1 Å². The van der Waals surface area contributed by atoms with Crippen molar-refractivity contribution in [1.82, 2.24) is 19.4 Å². The van der Waals surface area contributed by atoms with E-state index in [1.807, 2.05) is 38.1 Å². The third-order valence-electron chi connectivity index (χ3n) is 9.55. The number of carbonyl (C=O) groups excluding carboxylic acids is 2. The summed E-state index contributed by atoms with van der Waals surface area (Å²) in [7, 11) is 3.35. The van der Waals surface area contributed by atoms with Crippen LogP contribution in [0.2, 0.25) is 0 Å². The van der Waals surface area contributed by atoms with Crippen molar-refractivity contribution in [3.63, 3.8) is 0 Å². The number of amides is 2. The van der Waals surface area contributed by atoms with E-state index in [0.717, 1.165) is 75.8 Å². The summed E-state index contributed by atoms with van der Waals surface area (Å²) in [5.74, 6) is -0.112. The molecule has 0 radical (unpaired) electrons. The monoisotopic (exact) mass is 656 g/mol. The maximum Gasteiger partial charge on any atom is 0.258 e. The van der Waals surface area contributed by atoms with Gasteiger partial charge >= 0.3 is 0 Å². The standard InChI is InChI=1S/C21H22N2O2.C20H22N2O.CH4/c1-14-8-9-17-16(12-14)20-18(13-19(24)22(2)21(20)25)23(17)11-10-15-6-4-3-5-7-15;1-14-9-10-18-17(13-14)19(20(23)21-3)15(2)22(18)12-11-16-7-5-4-6-8-16;/h3-9,12,19,24H,10-11,13H2,1-2H3;4-10,13H,11-12H2,1-3H3,(H,21,23);1H4. The van der Waals surface area contributed by atoms with Gasteiger partial charge in [0, 0.05) is 66.8 Å². The number of nitrogens with one attached hydrogen (secondary N) is 1. The lowest BCUT2D eigenvalue weighted by Gasteiger charge is -2.29. The van der Waals surface area contributed by atoms with E-state index in [1.165, 1.54) is 21.6 Å². The van der Waals surface area contributed by atoms with Gasteiger partial charge in [-0.15, -0.1) is 0 Å². The van der Waals surface area contributed by atoms with Crippen LogP contribution in [-0.2, 0) is 32.4 Å². The molecule has 1 aliphatic heterocycles. The molecule has 2 amide bonds. The first-order chi connectivity index (χ1) is 23.2. The predicted molar refractivity (Wildman–Crippen MR) is 200 cm³/mol. The zero-order valence-electron chi connectivity index (χ0n) is 28.5. The van der Waals surface area contributed by atoms with Crippen LogP contribution in [0.5, 0.6) is 0 Å². The van der Waals surface area contributed by atoms with Gasteiger partial charge in [-0.25, -0.2) is 0 Å². The lowest BCUT2D eigenvalue weighted by molar-refractivity contribution is 0.0142. The van der Waals surface area contributed by atoms with E-state index < -0.39 is 6.23 Å². The Kier molecular flexibility index (Phi) is 10.7. The Morgan fingerprint density at radius 1 is 0.776 bits per heavy atom. The molecule has 0 saturated heterocycles. The second-order valence-electron chi connectivity index (χ2n) is 12.8. The first-order valence-electron chi connectivity index (χ1n) is 16.6. The van der Waals surface area contributed by atoms with Gasteiger partial charge < -0.3 is 24.5 Å². The van der Waals surface area contributed by atoms with Crippen molar-refractivity contribution in [2.24, 2.45) is 0 Å². The summed E-state index contributed by atoms with van der Waals surface area (Å²) in [5.41, 5.74) is 10.6. The highest BCUT2D eigenvalue weighted by Crippen LogP contribution is 2.33. The Hall–Kier alpha value is -5.14. The Morgan fingerprint density at radius 3 is 1.84 bits per heavy atom. The fourth-order valence-electron chi connectivity index (χ4n) is 6.92. The van der Waals surface area contributed by atoms with Crippen LogP contribution in [0.1, 0.15) is 61.8 Å². The van der Waals surface area contributed by atoms with E-state index >= 15 is 0 Å². The molecule has 1 unspecified atom stereocenters. The molecular formula is C42H48N4O3. The molecule has 7 nitrogen and oxygen atoms in total. The number of benzene rings is 4. The summed E-state index contributed by atoms with van der Waals surface area (Å²) in [6.45, 7) is 7.79. The number of rotatable bonds is 7. The molecule has 1 atom stereocenters. The van der Waals surface area contributed by atoms with Crippen molar-refractivity contribution in [2.45, 2.75) is 66.8 Å². The van der Waals surface area contributed by atoms with E-state index in [4.69, 9.17) is 0 Å². The van der Waals surface area contributed by atoms with Crippen LogP contribution in [0, 0.1) is 20.8 Å². The molecule has 0 saturated carbocycles. The lowest BCUT2D eigenvalue weighted by Crippen LogP contribution is -2.43. The van der Waals surface area contributed by atoms with E-state index in [9.17, 15) is 14.7 Å². The number of fused-ring (bicyclic) bond motifs is 4. The minimum Gasteiger partial charge on any atom is -0.373 e. The molecule has 6 aromatic rings. The van der Waals surface area contributed by atoms with Crippen molar-refractivity contribution in [3.8, 4) is 0 Å². The minimum absolute atomic E-state index is 0. The molecule has 0 fully saturated rings. The zero-order chi connectivity index (χ0) is 33.9. The molecule has 2 aromatic heterocycles. The largest absolute Gasteiger partial charge is 0.373 e. The molecule has 7 heteroatoms. The third kappa shape index (κ3) is 7.03. The van der Waals surface area contributed by atoms with E-state index in [1.54, 1.807) is 14.1 Å². The molecule has 2 N–H and O–H groups in total. The Balaban J connectivity index is 0.000000188. The molecule has 49 heavy (non-hydrogen) atoms. The molecule has 1 aliphatic rings. The van der Waals surface area contributed by atoms with Crippen LogP contribution in [0.25, 0.3) is 21.8 Å². The molecule has 4 aromatic carbocycles. The van der Waals surface area contributed by atoms with Crippen molar-refractivity contribution in [3.05, 3.63) is 142 Å². The quantitative estimate of drug-likeness (QED) is 0.185. The lowest BCUT2D eigenvalue weighted by atomic mass is 10.0. The number of aliphatic hydroxyl groups is 1. The SMILES string of the molecule is C.CNC(=O)c1c(C)n(CCc2ccccc2)c2ccc(C)cc12.Cc1ccc2c(c1)c1c(n2CCc2ccccc2)CC(O)N(C)C1=O. The van der Waals surface area contributed by atoms with Gasteiger partial charge in [0.25, 0.3) is 11.8 Å². The number of carbonyl (C=O) groups is 2. The van der Waals surface area contributed by atoms with Crippen molar-refractivity contribution in [1.29, 1.82) is 0 Å². The van der Waals surface area contributed by atoms with Crippen molar-refractivity contribution < 1.29 is 14.7 Å². The molecule has 3 heterocycles. The Bertz CT molecular complexity index is 2090. The first kappa shape index (κ1) is 35.2. The highest BCUT2D eigenvalue weighted by molar-refractivity contribution is 6.10. The van der Waals surface area contributed by atoms with Crippen LogP contribution < -0.4 is 5.32 Å². The van der Waals surface area contributed by atoms with Gasteiger partial charge in [-0.1, -0.05) is 91.3 Å². The second kappa shape index (κ2) is 15.0. The van der Waals surface area contributed by atoms with Gasteiger partial charge in [0.1, 0.15) is 6.23 Å². The number of aromatic nitrogens is 2. The number of aliphatic hydroxyl groups excluding tert-OH is 1. The van der Waals surface area contributed by atoms with Crippen molar-refractivity contribution in [2.75, 3.05) is 14.1 Å². The van der Waals surface area contributed by atoms with Gasteiger partial charge in [-0.2, -0.15) is 0 Å². The van der Waals surface area contributed by atoms with Crippen LogP contribution in [0.3, 0.4) is 0 Å². The van der Waals surface area contributed by atoms with E-state index in [-0.39, 0.29) is 19.2 Å². The van der Waals surface area contributed by atoms with Gasteiger partial charge in [0.15, 0.2) is 0 Å². The number of hydrogen-bond acceptors (Lipinski definition) is 3. The fourth-order valence-corrected chi connectivity index (χ4v) is 6.92. The normalized spacial score (nSPS) is 13.9. The van der Waals surface area contributed by atoms with Crippen LogP contribution >= 0.6 is 0 Å². The summed E-state index contributed by atoms with van der Waals surface area (Å²) >= 11 is 0. The molecule has 0 spiro atoms. The average Bonchev–Trinajstić information content (AvgIpc) is 3.55. The highest BCUT2D eigenvalue weighted by atomic mass is 16.3. The zero-order valence-corrected chi connectivity index (χ0v) is 28.5. The number of aryl methyl sites for hydroxylation is 6. The highest BCUT2D eigenvalue weighted by Gasteiger charge is 2.33. The maximum absolute atomic E-state index is 12.8. The molecule has 7 rings (SSSR count). The van der Waals surface area contributed by atoms with Crippen molar-refractivity contribution >= 4 is 33.6 Å².